The van der Waals surface area contributed by atoms with Gasteiger partial charge in [0.1, 0.15) is 0 Å². The Labute approximate surface area is 108 Å². The van der Waals surface area contributed by atoms with Gasteiger partial charge in [-0.25, -0.2) is 13.1 Å². The van der Waals surface area contributed by atoms with Gasteiger partial charge in [0.05, 0.1) is 4.90 Å². The Balaban J connectivity index is 2.03. The van der Waals surface area contributed by atoms with Crippen molar-refractivity contribution < 1.29 is 8.42 Å². The lowest BCUT2D eigenvalue weighted by Crippen LogP contribution is -2.38. The van der Waals surface area contributed by atoms with Crippen LogP contribution >= 0.6 is 0 Å². The molecule has 1 atom stereocenters. The van der Waals surface area contributed by atoms with E-state index in [1.54, 1.807) is 18.2 Å². The van der Waals surface area contributed by atoms with Gasteiger partial charge in [0.25, 0.3) is 0 Å². The number of hydrogen-bond acceptors (Lipinski definition) is 4. The van der Waals surface area contributed by atoms with E-state index in [0.29, 0.717) is 18.3 Å². The first kappa shape index (κ1) is 13.3. The Bertz CT molecular complexity index is 516. The number of hydrogen-bond donors (Lipinski definition) is 2. The number of sulfonamides is 1. The Morgan fingerprint density at radius 1 is 1.50 bits per heavy atom. The first-order valence-electron chi connectivity index (χ1n) is 6.04. The highest BCUT2D eigenvalue weighted by molar-refractivity contribution is 7.89. The van der Waals surface area contributed by atoms with Crippen LogP contribution in [0.25, 0.3) is 0 Å². The SMILES string of the molecule is CN1CCCC1CNS(=O)(=O)c1cccc(N)c1. The topological polar surface area (TPSA) is 75.4 Å². The van der Waals surface area contributed by atoms with Crippen molar-refractivity contribution in [3.63, 3.8) is 0 Å². The highest BCUT2D eigenvalue weighted by Gasteiger charge is 2.23. The molecule has 1 fully saturated rings. The molecule has 1 unspecified atom stereocenters. The monoisotopic (exact) mass is 269 g/mol. The van der Waals surface area contributed by atoms with Gasteiger partial charge in [0.2, 0.25) is 10.0 Å². The maximum Gasteiger partial charge on any atom is 0.240 e. The van der Waals surface area contributed by atoms with Crippen LogP contribution in [-0.4, -0.2) is 39.5 Å². The average Bonchev–Trinajstić information content (AvgIpc) is 2.72. The third-order valence-electron chi connectivity index (χ3n) is 3.35. The van der Waals surface area contributed by atoms with E-state index in [1.807, 2.05) is 7.05 Å². The summed E-state index contributed by atoms with van der Waals surface area (Å²) in [5, 5.41) is 0. The predicted molar refractivity (Wildman–Crippen MR) is 71.7 cm³/mol. The zero-order valence-corrected chi connectivity index (χ0v) is 11.3. The van der Waals surface area contributed by atoms with Gasteiger partial charge in [0, 0.05) is 18.3 Å². The lowest BCUT2D eigenvalue weighted by atomic mass is 10.2. The van der Waals surface area contributed by atoms with Crippen molar-refractivity contribution in [3.05, 3.63) is 24.3 Å². The van der Waals surface area contributed by atoms with Crippen molar-refractivity contribution in [2.75, 3.05) is 25.9 Å². The van der Waals surface area contributed by atoms with E-state index in [4.69, 9.17) is 5.73 Å². The van der Waals surface area contributed by atoms with E-state index >= 15 is 0 Å². The number of benzene rings is 1. The van der Waals surface area contributed by atoms with Crippen LogP contribution in [0.2, 0.25) is 0 Å². The van der Waals surface area contributed by atoms with E-state index in [-0.39, 0.29) is 4.90 Å². The fraction of sp³-hybridized carbons (Fsp3) is 0.500. The Morgan fingerprint density at radius 2 is 2.28 bits per heavy atom. The molecule has 1 aliphatic rings. The van der Waals surface area contributed by atoms with Crippen molar-refractivity contribution in [1.29, 1.82) is 0 Å². The molecule has 3 N–H and O–H groups in total. The van der Waals surface area contributed by atoms with Crippen LogP contribution in [0.5, 0.6) is 0 Å². The fourth-order valence-corrected chi connectivity index (χ4v) is 3.34. The zero-order chi connectivity index (χ0) is 13.2. The summed E-state index contributed by atoms with van der Waals surface area (Å²) >= 11 is 0. The van der Waals surface area contributed by atoms with Gasteiger partial charge in [-0.3, -0.25) is 0 Å². The zero-order valence-electron chi connectivity index (χ0n) is 10.5. The van der Waals surface area contributed by atoms with Crippen molar-refractivity contribution >= 4 is 15.7 Å². The summed E-state index contributed by atoms with van der Waals surface area (Å²) in [5.41, 5.74) is 6.05. The van der Waals surface area contributed by atoms with Crippen LogP contribution in [0.3, 0.4) is 0 Å². The Morgan fingerprint density at radius 3 is 2.89 bits per heavy atom. The summed E-state index contributed by atoms with van der Waals surface area (Å²) in [7, 11) is -1.43. The summed E-state index contributed by atoms with van der Waals surface area (Å²) in [6.07, 6.45) is 2.16. The van der Waals surface area contributed by atoms with Gasteiger partial charge >= 0.3 is 0 Å². The quantitative estimate of drug-likeness (QED) is 0.787. The van der Waals surface area contributed by atoms with Gasteiger partial charge in [-0.05, 0) is 44.6 Å². The summed E-state index contributed by atoms with van der Waals surface area (Å²) in [6, 6.07) is 6.63. The first-order chi connectivity index (χ1) is 8.49. The molecule has 1 aliphatic heterocycles. The molecular formula is C12H19N3O2S. The van der Waals surface area contributed by atoms with Crippen LogP contribution in [0.4, 0.5) is 5.69 Å². The maximum atomic E-state index is 12.1. The molecule has 1 aromatic rings. The molecule has 2 rings (SSSR count). The molecule has 0 aromatic heterocycles. The molecule has 0 spiro atoms. The summed E-state index contributed by atoms with van der Waals surface area (Å²) < 4.78 is 26.8. The largest absolute Gasteiger partial charge is 0.399 e. The number of likely N-dealkylation sites (N-methyl/N-ethyl adjacent to an activating group) is 1. The molecule has 5 nitrogen and oxygen atoms in total. The number of likely N-dealkylation sites (tertiary alicyclic amines) is 1. The van der Waals surface area contributed by atoms with Crippen LogP contribution in [-0.2, 0) is 10.0 Å². The first-order valence-corrected chi connectivity index (χ1v) is 7.53. The minimum absolute atomic E-state index is 0.225. The van der Waals surface area contributed by atoms with Gasteiger partial charge in [-0.2, -0.15) is 0 Å². The van der Waals surface area contributed by atoms with Crippen LogP contribution in [0.1, 0.15) is 12.8 Å². The second-order valence-electron chi connectivity index (χ2n) is 4.70. The van der Waals surface area contributed by atoms with Crippen molar-refractivity contribution in [3.8, 4) is 0 Å². The molecular weight excluding hydrogens is 250 g/mol. The summed E-state index contributed by atoms with van der Waals surface area (Å²) in [6.45, 7) is 1.48. The molecule has 6 heteroatoms. The number of rotatable bonds is 4. The number of anilines is 1. The normalized spacial score (nSPS) is 21.3. The molecule has 1 saturated heterocycles. The van der Waals surface area contributed by atoms with E-state index in [0.717, 1.165) is 19.4 Å². The molecule has 100 valence electrons. The van der Waals surface area contributed by atoms with Gasteiger partial charge in [0.15, 0.2) is 0 Å². The average molecular weight is 269 g/mol. The summed E-state index contributed by atoms with van der Waals surface area (Å²) in [5.74, 6) is 0. The summed E-state index contributed by atoms with van der Waals surface area (Å²) in [4.78, 5) is 2.41. The number of nitrogens with one attached hydrogen (secondary N) is 1. The number of nitrogen functional groups attached to an aromatic ring is 1. The van der Waals surface area contributed by atoms with Gasteiger partial charge in [-0.1, -0.05) is 6.07 Å². The third-order valence-corrected chi connectivity index (χ3v) is 4.77. The lowest BCUT2D eigenvalue weighted by molar-refractivity contribution is 0.311. The highest BCUT2D eigenvalue weighted by Crippen LogP contribution is 2.16. The van der Waals surface area contributed by atoms with Crippen LogP contribution in [0, 0.1) is 0 Å². The second-order valence-corrected chi connectivity index (χ2v) is 6.47. The maximum absolute atomic E-state index is 12.1. The van der Waals surface area contributed by atoms with E-state index in [1.165, 1.54) is 6.07 Å². The van der Waals surface area contributed by atoms with Crippen LogP contribution < -0.4 is 10.5 Å². The molecule has 0 saturated carbocycles. The number of nitrogens with two attached hydrogens (primary N) is 1. The van der Waals surface area contributed by atoms with E-state index in [9.17, 15) is 8.42 Å². The van der Waals surface area contributed by atoms with Crippen molar-refractivity contribution in [1.82, 2.24) is 9.62 Å². The molecule has 18 heavy (non-hydrogen) atoms. The lowest BCUT2D eigenvalue weighted by Gasteiger charge is -2.19. The number of nitrogens with zero attached hydrogens (tertiary/aromatic N) is 1. The van der Waals surface area contributed by atoms with Crippen molar-refractivity contribution in [2.24, 2.45) is 0 Å². The fourth-order valence-electron chi connectivity index (χ4n) is 2.21. The van der Waals surface area contributed by atoms with Gasteiger partial charge < -0.3 is 10.6 Å². The Kier molecular flexibility index (Phi) is 3.89. The molecule has 0 bridgehead atoms. The Hall–Kier alpha value is -1.11. The van der Waals surface area contributed by atoms with Crippen molar-refractivity contribution in [2.45, 2.75) is 23.8 Å². The standard InChI is InChI=1S/C12H19N3O2S/c1-15-7-3-5-11(15)9-14-18(16,17)12-6-2-4-10(13)8-12/h2,4,6,8,11,14H,3,5,7,9,13H2,1H3. The molecule has 0 aliphatic carbocycles. The van der Waals surface area contributed by atoms with E-state index in [2.05, 4.69) is 9.62 Å². The molecule has 0 amide bonds. The minimum atomic E-state index is -3.45. The third kappa shape index (κ3) is 3.01. The smallest absolute Gasteiger partial charge is 0.240 e. The molecule has 1 heterocycles. The second kappa shape index (κ2) is 5.26. The molecule has 0 radical (unpaired) electrons. The van der Waals surface area contributed by atoms with E-state index < -0.39 is 10.0 Å². The predicted octanol–water partition coefficient (Wildman–Crippen LogP) is 0.641. The molecule has 1 aromatic carbocycles. The van der Waals surface area contributed by atoms with Gasteiger partial charge in [-0.15, -0.1) is 0 Å². The minimum Gasteiger partial charge on any atom is -0.399 e. The van der Waals surface area contributed by atoms with Crippen LogP contribution in [0.15, 0.2) is 29.2 Å². The highest BCUT2D eigenvalue weighted by atomic mass is 32.2.